The van der Waals surface area contributed by atoms with E-state index in [1.165, 1.54) is 0 Å². The van der Waals surface area contributed by atoms with Crippen LogP contribution in [0.5, 0.6) is 0 Å². The zero-order valence-corrected chi connectivity index (χ0v) is 9.52. The highest BCUT2D eigenvalue weighted by Gasteiger charge is 2.10. The zero-order chi connectivity index (χ0) is 11.8. The first-order chi connectivity index (χ1) is 7.68. The zero-order valence-electron chi connectivity index (χ0n) is 9.52. The lowest BCUT2D eigenvalue weighted by atomic mass is 10.2. The van der Waals surface area contributed by atoms with E-state index in [0.717, 1.165) is 39.4 Å². The number of ether oxygens (including phenoxy) is 1. The van der Waals surface area contributed by atoms with Gasteiger partial charge in [0, 0.05) is 38.8 Å². The molecule has 16 heavy (non-hydrogen) atoms. The van der Waals surface area contributed by atoms with Crippen molar-refractivity contribution in [1.82, 2.24) is 10.2 Å². The van der Waals surface area contributed by atoms with E-state index in [2.05, 4.69) is 10.2 Å². The molecule has 1 aliphatic rings. The highest BCUT2D eigenvalue weighted by Crippen LogP contribution is 1.94. The molecule has 1 atom stereocenters. The first-order valence-corrected chi connectivity index (χ1v) is 5.66. The van der Waals surface area contributed by atoms with Gasteiger partial charge in [0.2, 0.25) is 0 Å². The average molecular weight is 231 g/mol. The Kier molecular flexibility index (Phi) is 6.32. The molecule has 0 aliphatic carbocycles. The molecule has 0 aromatic rings. The second kappa shape index (κ2) is 7.56. The Hall–Kier alpha value is -0.690. The summed E-state index contributed by atoms with van der Waals surface area (Å²) in [5, 5.41) is 11.7. The van der Waals surface area contributed by atoms with Crippen LogP contribution < -0.4 is 11.1 Å². The number of rotatable bonds is 7. The van der Waals surface area contributed by atoms with Gasteiger partial charge in [-0.3, -0.25) is 9.69 Å². The largest absolute Gasteiger partial charge is 0.481 e. The van der Waals surface area contributed by atoms with Crippen molar-refractivity contribution in [2.45, 2.75) is 12.5 Å². The van der Waals surface area contributed by atoms with E-state index >= 15 is 0 Å². The van der Waals surface area contributed by atoms with Gasteiger partial charge < -0.3 is 20.9 Å². The second-order valence-electron chi connectivity index (χ2n) is 4.02. The van der Waals surface area contributed by atoms with Gasteiger partial charge in [-0.25, -0.2) is 0 Å². The second-order valence-corrected chi connectivity index (χ2v) is 4.02. The molecule has 1 unspecified atom stereocenters. The molecule has 0 amide bonds. The number of morpholine rings is 1. The van der Waals surface area contributed by atoms with E-state index in [1.807, 2.05) is 0 Å². The van der Waals surface area contributed by atoms with Crippen LogP contribution >= 0.6 is 0 Å². The van der Waals surface area contributed by atoms with Gasteiger partial charge in [0.1, 0.15) is 0 Å². The molecule has 1 fully saturated rings. The minimum Gasteiger partial charge on any atom is -0.481 e. The lowest BCUT2D eigenvalue weighted by Gasteiger charge is -2.26. The summed E-state index contributed by atoms with van der Waals surface area (Å²) in [6, 6.07) is -0.304. The summed E-state index contributed by atoms with van der Waals surface area (Å²) in [7, 11) is 0. The molecule has 0 radical (unpaired) electrons. The van der Waals surface area contributed by atoms with E-state index in [0.29, 0.717) is 6.54 Å². The van der Waals surface area contributed by atoms with E-state index in [9.17, 15) is 4.79 Å². The molecule has 1 aliphatic heterocycles. The van der Waals surface area contributed by atoms with Crippen molar-refractivity contribution in [1.29, 1.82) is 0 Å². The predicted octanol–water partition coefficient (Wildman–Crippen LogP) is -1.29. The topological polar surface area (TPSA) is 87.8 Å². The Morgan fingerprint density at radius 1 is 1.50 bits per heavy atom. The van der Waals surface area contributed by atoms with E-state index in [-0.39, 0.29) is 12.5 Å². The highest BCUT2D eigenvalue weighted by atomic mass is 16.5. The van der Waals surface area contributed by atoms with Crippen LogP contribution in [0, 0.1) is 0 Å². The minimum absolute atomic E-state index is 0.0184. The van der Waals surface area contributed by atoms with Crippen molar-refractivity contribution < 1.29 is 14.6 Å². The minimum atomic E-state index is -0.845. The summed E-state index contributed by atoms with van der Waals surface area (Å²) in [5.41, 5.74) is 5.62. The van der Waals surface area contributed by atoms with Crippen LogP contribution in [0.4, 0.5) is 0 Å². The third kappa shape index (κ3) is 6.02. The molecule has 0 spiro atoms. The van der Waals surface area contributed by atoms with E-state index in [4.69, 9.17) is 15.6 Å². The summed E-state index contributed by atoms with van der Waals surface area (Å²) in [5.74, 6) is -0.845. The van der Waals surface area contributed by atoms with Gasteiger partial charge in [-0.15, -0.1) is 0 Å². The highest BCUT2D eigenvalue weighted by molar-refractivity contribution is 5.67. The number of nitrogens with one attached hydrogen (secondary N) is 1. The Balaban J connectivity index is 1.96. The fraction of sp³-hybridized carbons (Fsp3) is 0.900. The maximum Gasteiger partial charge on any atom is 0.304 e. The fourth-order valence-corrected chi connectivity index (χ4v) is 1.65. The standard InChI is InChI=1S/C10H21N3O3/c11-9(7-10(14)15)8-12-1-2-13-3-5-16-6-4-13/h9,12H,1-8,11H2,(H,14,15). The monoisotopic (exact) mass is 231 g/mol. The molecule has 4 N–H and O–H groups in total. The molecule has 0 bridgehead atoms. The molecule has 0 saturated carbocycles. The maximum atomic E-state index is 10.4. The number of hydrogen-bond donors (Lipinski definition) is 3. The summed E-state index contributed by atoms with van der Waals surface area (Å²) in [4.78, 5) is 12.7. The first-order valence-electron chi connectivity index (χ1n) is 5.66. The molecule has 1 heterocycles. The molecular weight excluding hydrogens is 210 g/mol. The van der Waals surface area contributed by atoms with Gasteiger partial charge in [-0.05, 0) is 0 Å². The Labute approximate surface area is 95.7 Å². The van der Waals surface area contributed by atoms with E-state index < -0.39 is 5.97 Å². The molecule has 1 saturated heterocycles. The first kappa shape index (κ1) is 13.4. The molecule has 1 rings (SSSR count). The van der Waals surface area contributed by atoms with Crippen molar-refractivity contribution in [3.05, 3.63) is 0 Å². The summed E-state index contributed by atoms with van der Waals surface area (Å²) >= 11 is 0. The van der Waals surface area contributed by atoms with Crippen LogP contribution in [0.2, 0.25) is 0 Å². The number of aliphatic carboxylic acids is 1. The number of carbonyl (C=O) groups is 1. The van der Waals surface area contributed by atoms with Crippen LogP contribution in [0.1, 0.15) is 6.42 Å². The van der Waals surface area contributed by atoms with E-state index in [1.54, 1.807) is 0 Å². The number of carboxylic acid groups (broad SMARTS) is 1. The van der Waals surface area contributed by atoms with Gasteiger partial charge in [0.05, 0.1) is 19.6 Å². The molecule has 0 aromatic carbocycles. The normalized spacial score (nSPS) is 19.6. The third-order valence-electron chi connectivity index (χ3n) is 2.55. The van der Waals surface area contributed by atoms with Crippen LogP contribution in [0.3, 0.4) is 0 Å². The van der Waals surface area contributed by atoms with Crippen LogP contribution in [0.15, 0.2) is 0 Å². The average Bonchev–Trinajstić information content (AvgIpc) is 2.25. The predicted molar refractivity (Wildman–Crippen MR) is 60.4 cm³/mol. The van der Waals surface area contributed by atoms with Gasteiger partial charge >= 0.3 is 5.97 Å². The van der Waals surface area contributed by atoms with Crippen LogP contribution in [0.25, 0.3) is 0 Å². The van der Waals surface area contributed by atoms with Crippen molar-refractivity contribution >= 4 is 5.97 Å². The van der Waals surface area contributed by atoms with Crippen LogP contribution in [-0.4, -0.2) is 68.0 Å². The maximum absolute atomic E-state index is 10.4. The van der Waals surface area contributed by atoms with Crippen molar-refractivity contribution in [3.8, 4) is 0 Å². The quantitative estimate of drug-likeness (QED) is 0.473. The number of carboxylic acids is 1. The van der Waals surface area contributed by atoms with Gasteiger partial charge in [-0.1, -0.05) is 0 Å². The summed E-state index contributed by atoms with van der Waals surface area (Å²) < 4.78 is 5.24. The van der Waals surface area contributed by atoms with Crippen LogP contribution in [-0.2, 0) is 9.53 Å². The molecular formula is C10H21N3O3. The Morgan fingerprint density at radius 3 is 2.81 bits per heavy atom. The van der Waals surface area contributed by atoms with Crippen molar-refractivity contribution in [2.24, 2.45) is 5.73 Å². The van der Waals surface area contributed by atoms with Gasteiger partial charge in [0.25, 0.3) is 0 Å². The molecule has 0 aromatic heterocycles. The smallest absolute Gasteiger partial charge is 0.304 e. The number of nitrogens with two attached hydrogens (primary N) is 1. The number of nitrogens with zero attached hydrogens (tertiary/aromatic N) is 1. The van der Waals surface area contributed by atoms with Gasteiger partial charge in [-0.2, -0.15) is 0 Å². The SMILES string of the molecule is NC(CNCCN1CCOCC1)CC(=O)O. The lowest BCUT2D eigenvalue weighted by molar-refractivity contribution is -0.137. The van der Waals surface area contributed by atoms with Gasteiger partial charge in [0.15, 0.2) is 0 Å². The number of hydrogen-bond acceptors (Lipinski definition) is 5. The third-order valence-corrected chi connectivity index (χ3v) is 2.55. The summed E-state index contributed by atoms with van der Waals surface area (Å²) in [6.45, 7) is 5.91. The van der Waals surface area contributed by atoms with Crippen molar-refractivity contribution in [3.63, 3.8) is 0 Å². The Morgan fingerprint density at radius 2 is 2.19 bits per heavy atom. The molecule has 94 valence electrons. The summed E-state index contributed by atoms with van der Waals surface area (Å²) in [6.07, 6.45) is 0.0184. The molecule has 6 nitrogen and oxygen atoms in total. The molecule has 6 heteroatoms. The lowest BCUT2D eigenvalue weighted by Crippen LogP contribution is -2.42. The fourth-order valence-electron chi connectivity index (χ4n) is 1.65. The van der Waals surface area contributed by atoms with Crippen molar-refractivity contribution in [2.75, 3.05) is 45.9 Å². The Bertz CT molecular complexity index is 207.